The lowest BCUT2D eigenvalue weighted by molar-refractivity contribution is 0.0937. The van der Waals surface area contributed by atoms with Crippen molar-refractivity contribution < 1.29 is 9.53 Å². The highest BCUT2D eigenvalue weighted by atomic mass is 16.5. The Hall–Kier alpha value is -2.48. The molecule has 1 atom stereocenters. The lowest BCUT2D eigenvalue weighted by atomic mass is 10.1. The second-order valence-electron chi connectivity index (χ2n) is 5.13. The number of aromatic nitrogens is 4. The maximum Gasteiger partial charge on any atom is 0.263 e. The number of amides is 1. The van der Waals surface area contributed by atoms with Crippen LogP contribution in [0.5, 0.6) is 0 Å². The summed E-state index contributed by atoms with van der Waals surface area (Å²) in [5.74, 6) is -0.0819. The zero-order valence-electron chi connectivity index (χ0n) is 12.8. The first-order valence-electron chi connectivity index (χ1n) is 6.88. The number of nitrogens with one attached hydrogen (secondary N) is 3. The molecule has 118 valence electrons. The fourth-order valence-corrected chi connectivity index (χ4v) is 2.05. The van der Waals surface area contributed by atoms with E-state index in [4.69, 9.17) is 4.74 Å². The number of H-pyrrole nitrogens is 2. The van der Waals surface area contributed by atoms with Crippen LogP contribution in [0.4, 0.5) is 0 Å². The van der Waals surface area contributed by atoms with Crippen molar-refractivity contribution in [2.24, 2.45) is 0 Å². The summed E-state index contributed by atoms with van der Waals surface area (Å²) in [5, 5.41) is 9.72. The van der Waals surface area contributed by atoms with Crippen molar-refractivity contribution in [1.29, 1.82) is 0 Å². The van der Waals surface area contributed by atoms with Gasteiger partial charge in [0.15, 0.2) is 0 Å². The number of hydrogen-bond donors (Lipinski definition) is 3. The summed E-state index contributed by atoms with van der Waals surface area (Å²) < 4.78 is 4.87. The lowest BCUT2D eigenvalue weighted by Gasteiger charge is -2.12. The number of carbonyl (C=O) groups is 1. The topological polar surface area (TPSA) is 113 Å². The number of ether oxygens (including phenoxy) is 1. The first-order valence-corrected chi connectivity index (χ1v) is 6.88. The lowest BCUT2D eigenvalue weighted by Crippen LogP contribution is -2.37. The number of hydrogen-bond acceptors (Lipinski definition) is 5. The monoisotopic (exact) mass is 305 g/mol. The molecule has 0 fully saturated rings. The van der Waals surface area contributed by atoms with E-state index < -0.39 is 11.5 Å². The fourth-order valence-electron chi connectivity index (χ4n) is 2.05. The van der Waals surface area contributed by atoms with E-state index in [0.29, 0.717) is 12.2 Å². The minimum atomic E-state index is -0.484. The quantitative estimate of drug-likeness (QED) is 0.711. The highest BCUT2D eigenvalue weighted by molar-refractivity contribution is 5.93. The summed E-state index contributed by atoms with van der Waals surface area (Å²) in [6.45, 7) is 3.95. The van der Waals surface area contributed by atoms with Crippen LogP contribution in [-0.4, -0.2) is 39.2 Å². The van der Waals surface area contributed by atoms with Crippen LogP contribution < -0.4 is 10.9 Å². The molecule has 2 aromatic rings. The van der Waals surface area contributed by atoms with Gasteiger partial charge in [0.05, 0.1) is 5.69 Å². The van der Waals surface area contributed by atoms with Gasteiger partial charge in [0.25, 0.3) is 11.5 Å². The Morgan fingerprint density at radius 2 is 2.27 bits per heavy atom. The van der Waals surface area contributed by atoms with Crippen LogP contribution in [0.2, 0.25) is 0 Å². The summed E-state index contributed by atoms with van der Waals surface area (Å²) in [6, 6.07) is 1.75. The third kappa shape index (κ3) is 4.01. The third-order valence-electron chi connectivity index (χ3n) is 3.03. The molecular weight excluding hydrogens is 286 g/mol. The molecule has 0 aliphatic rings. The van der Waals surface area contributed by atoms with Gasteiger partial charge in [-0.3, -0.25) is 14.7 Å². The smallest absolute Gasteiger partial charge is 0.263 e. The van der Waals surface area contributed by atoms with Crippen LogP contribution in [0, 0.1) is 6.92 Å². The number of nitrogens with zero attached hydrogens (tertiary/aromatic N) is 2. The van der Waals surface area contributed by atoms with Crippen molar-refractivity contribution in [3.8, 4) is 0 Å². The van der Waals surface area contributed by atoms with Crippen molar-refractivity contribution >= 4 is 5.91 Å². The average molecular weight is 305 g/mol. The first-order chi connectivity index (χ1) is 10.5. The molecule has 0 aromatic carbocycles. The number of methoxy groups -OCH3 is 1. The summed E-state index contributed by atoms with van der Waals surface area (Å²) in [4.78, 5) is 30.5. The molecule has 8 nitrogen and oxygen atoms in total. The minimum Gasteiger partial charge on any atom is -0.377 e. The molecule has 1 unspecified atom stereocenters. The van der Waals surface area contributed by atoms with E-state index in [0.717, 1.165) is 11.4 Å². The van der Waals surface area contributed by atoms with Crippen molar-refractivity contribution in [3.63, 3.8) is 0 Å². The molecule has 8 heteroatoms. The molecule has 22 heavy (non-hydrogen) atoms. The van der Waals surface area contributed by atoms with Gasteiger partial charge in [0.2, 0.25) is 0 Å². The first kappa shape index (κ1) is 15.9. The second kappa shape index (κ2) is 6.99. The number of aromatic amines is 2. The largest absolute Gasteiger partial charge is 0.377 e. The molecular formula is C14H19N5O3. The van der Waals surface area contributed by atoms with Gasteiger partial charge in [-0.25, -0.2) is 4.98 Å². The second-order valence-corrected chi connectivity index (χ2v) is 5.13. The van der Waals surface area contributed by atoms with E-state index in [-0.39, 0.29) is 18.2 Å². The SMILES string of the molecule is COCc1ncc(C(=O)NC(C)Cc2cc(C)[nH]n2)c(=O)[nH]1. The van der Waals surface area contributed by atoms with Gasteiger partial charge in [0.1, 0.15) is 18.0 Å². The van der Waals surface area contributed by atoms with Crippen LogP contribution in [-0.2, 0) is 17.8 Å². The molecule has 0 saturated heterocycles. The van der Waals surface area contributed by atoms with Crippen LogP contribution >= 0.6 is 0 Å². The van der Waals surface area contributed by atoms with Crippen LogP contribution in [0.25, 0.3) is 0 Å². The van der Waals surface area contributed by atoms with E-state index in [1.165, 1.54) is 13.3 Å². The zero-order chi connectivity index (χ0) is 16.1. The third-order valence-corrected chi connectivity index (χ3v) is 3.03. The Kier molecular flexibility index (Phi) is 5.05. The average Bonchev–Trinajstić information content (AvgIpc) is 2.84. The Bertz CT molecular complexity index is 706. The number of rotatable bonds is 6. The summed E-state index contributed by atoms with van der Waals surface area (Å²) in [7, 11) is 1.50. The van der Waals surface area contributed by atoms with Gasteiger partial charge in [-0.05, 0) is 19.9 Å². The van der Waals surface area contributed by atoms with Gasteiger partial charge in [-0.2, -0.15) is 5.10 Å². The Labute approximate surface area is 127 Å². The van der Waals surface area contributed by atoms with Crippen molar-refractivity contribution in [2.45, 2.75) is 32.9 Å². The van der Waals surface area contributed by atoms with Crippen LogP contribution in [0.3, 0.4) is 0 Å². The predicted molar refractivity (Wildman–Crippen MR) is 79.5 cm³/mol. The van der Waals surface area contributed by atoms with Gasteiger partial charge in [-0.15, -0.1) is 0 Å². The predicted octanol–water partition coefficient (Wildman–Crippen LogP) is 0.309. The minimum absolute atomic E-state index is 0.0232. The van der Waals surface area contributed by atoms with Crippen LogP contribution in [0.1, 0.15) is 34.5 Å². The highest BCUT2D eigenvalue weighted by Crippen LogP contribution is 2.02. The van der Waals surface area contributed by atoms with E-state index in [9.17, 15) is 9.59 Å². The molecule has 0 aliphatic carbocycles. The highest BCUT2D eigenvalue weighted by Gasteiger charge is 2.15. The van der Waals surface area contributed by atoms with Crippen molar-refractivity contribution in [1.82, 2.24) is 25.5 Å². The molecule has 0 radical (unpaired) electrons. The van der Waals surface area contributed by atoms with Crippen LogP contribution in [0.15, 0.2) is 17.1 Å². The van der Waals surface area contributed by atoms with Gasteiger partial charge in [0, 0.05) is 31.5 Å². The molecule has 2 rings (SSSR count). The van der Waals surface area contributed by atoms with Gasteiger partial charge >= 0.3 is 0 Å². The summed E-state index contributed by atoms with van der Waals surface area (Å²) in [6.07, 6.45) is 1.83. The Balaban J connectivity index is 2.00. The van der Waals surface area contributed by atoms with E-state index in [1.807, 2.05) is 19.9 Å². The molecule has 0 bridgehead atoms. The molecule has 0 spiro atoms. The number of aryl methyl sites for hydroxylation is 1. The molecule has 0 saturated carbocycles. The molecule has 1 amide bonds. The Morgan fingerprint density at radius 3 is 2.86 bits per heavy atom. The molecule has 2 aromatic heterocycles. The van der Waals surface area contributed by atoms with E-state index in [1.54, 1.807) is 0 Å². The molecule has 2 heterocycles. The van der Waals surface area contributed by atoms with Crippen molar-refractivity contribution in [2.75, 3.05) is 7.11 Å². The Morgan fingerprint density at radius 1 is 1.50 bits per heavy atom. The summed E-state index contributed by atoms with van der Waals surface area (Å²) in [5.41, 5.74) is 1.31. The number of carbonyl (C=O) groups excluding carboxylic acids is 1. The van der Waals surface area contributed by atoms with Gasteiger partial charge < -0.3 is 15.0 Å². The van der Waals surface area contributed by atoms with Crippen molar-refractivity contribution in [3.05, 3.63) is 45.4 Å². The molecule has 0 aliphatic heterocycles. The summed E-state index contributed by atoms with van der Waals surface area (Å²) >= 11 is 0. The van der Waals surface area contributed by atoms with E-state index >= 15 is 0 Å². The zero-order valence-corrected chi connectivity index (χ0v) is 12.8. The normalized spacial score (nSPS) is 12.1. The maximum atomic E-state index is 12.1. The maximum absolute atomic E-state index is 12.1. The fraction of sp³-hybridized carbons (Fsp3) is 0.429. The molecule has 3 N–H and O–H groups in total. The standard InChI is InChI=1S/C14H19N5O3/c1-8(4-10-5-9(2)18-19-10)16-13(20)11-6-15-12(7-22-3)17-14(11)21/h5-6,8H,4,7H2,1-3H3,(H,16,20)(H,18,19)(H,15,17,21). The van der Waals surface area contributed by atoms with E-state index in [2.05, 4.69) is 25.5 Å². The van der Waals surface area contributed by atoms with Gasteiger partial charge in [-0.1, -0.05) is 0 Å².